The lowest BCUT2D eigenvalue weighted by atomic mass is 10.1. The molecular weight excluding hydrogens is 410 g/mol. The molecule has 1 amide bonds. The van der Waals surface area contributed by atoms with Crippen molar-refractivity contribution in [3.8, 4) is 0 Å². The molecule has 1 unspecified atom stereocenters. The molecule has 0 bridgehead atoms. The van der Waals surface area contributed by atoms with Crippen LogP contribution >= 0.6 is 11.3 Å². The lowest BCUT2D eigenvalue weighted by molar-refractivity contribution is -0.118. The molecule has 9 heteroatoms. The maximum atomic E-state index is 12.8. The highest BCUT2D eigenvalue weighted by Crippen LogP contribution is 2.24. The minimum Gasteiger partial charge on any atom is -0.379 e. The smallest absolute Gasteiger partial charge is 0.240 e. The standard InChI is InChI=1S/C20H27N3O4S2/c1-15(2)20(24)22-17-3-5-18(6-4-17)29(25,26)21-13-19(16-7-12-28-14-16)23-8-10-27-11-9-23/h3-7,12,14-15,19,21H,8-11,13H2,1-2H3,(H,22,24). The number of nitrogens with one attached hydrogen (secondary N) is 2. The van der Waals surface area contributed by atoms with E-state index in [1.165, 1.54) is 12.1 Å². The minimum absolute atomic E-state index is 0.0375. The van der Waals surface area contributed by atoms with Gasteiger partial charge in [0.15, 0.2) is 0 Å². The van der Waals surface area contributed by atoms with E-state index in [1.807, 2.05) is 11.4 Å². The molecule has 1 fully saturated rings. The van der Waals surface area contributed by atoms with Crippen molar-refractivity contribution < 1.29 is 17.9 Å². The van der Waals surface area contributed by atoms with Crippen molar-refractivity contribution in [2.75, 3.05) is 38.2 Å². The Morgan fingerprint density at radius 3 is 2.45 bits per heavy atom. The first kappa shape index (κ1) is 21.9. The Balaban J connectivity index is 1.68. The van der Waals surface area contributed by atoms with Gasteiger partial charge in [0.25, 0.3) is 0 Å². The zero-order chi connectivity index (χ0) is 20.9. The van der Waals surface area contributed by atoms with E-state index in [1.54, 1.807) is 37.3 Å². The molecule has 0 radical (unpaired) electrons. The van der Waals surface area contributed by atoms with Gasteiger partial charge < -0.3 is 10.1 Å². The first-order chi connectivity index (χ1) is 13.9. The van der Waals surface area contributed by atoms with E-state index in [-0.39, 0.29) is 29.3 Å². The van der Waals surface area contributed by atoms with Gasteiger partial charge in [-0.15, -0.1) is 0 Å². The van der Waals surface area contributed by atoms with Crippen LogP contribution in [0.25, 0.3) is 0 Å². The van der Waals surface area contributed by atoms with Crippen LogP contribution in [0.5, 0.6) is 0 Å². The fourth-order valence-electron chi connectivity index (χ4n) is 3.09. The van der Waals surface area contributed by atoms with Gasteiger partial charge in [-0.25, -0.2) is 13.1 Å². The van der Waals surface area contributed by atoms with Crippen molar-refractivity contribution in [1.29, 1.82) is 0 Å². The average molecular weight is 438 g/mol. The van der Waals surface area contributed by atoms with Crippen molar-refractivity contribution in [3.05, 3.63) is 46.7 Å². The number of hydrogen-bond acceptors (Lipinski definition) is 6. The van der Waals surface area contributed by atoms with E-state index >= 15 is 0 Å². The second kappa shape index (κ2) is 9.82. The highest BCUT2D eigenvalue weighted by Gasteiger charge is 2.25. The summed E-state index contributed by atoms with van der Waals surface area (Å²) >= 11 is 1.60. The van der Waals surface area contributed by atoms with Crippen LogP contribution in [0, 0.1) is 5.92 Å². The Labute approximate surface area is 176 Å². The molecule has 2 heterocycles. The van der Waals surface area contributed by atoms with Gasteiger partial charge >= 0.3 is 0 Å². The van der Waals surface area contributed by atoms with Gasteiger partial charge in [-0.1, -0.05) is 13.8 Å². The Hall–Kier alpha value is -1.78. The predicted molar refractivity (Wildman–Crippen MR) is 115 cm³/mol. The van der Waals surface area contributed by atoms with Crippen molar-refractivity contribution >= 4 is 33.0 Å². The SMILES string of the molecule is CC(C)C(=O)Nc1ccc(S(=O)(=O)NCC(c2ccsc2)N2CCOCC2)cc1. The number of morpholine rings is 1. The second-order valence-corrected chi connectivity index (χ2v) is 9.79. The Bertz CT molecular complexity index is 890. The van der Waals surface area contributed by atoms with E-state index < -0.39 is 10.0 Å². The quantitative estimate of drug-likeness (QED) is 0.663. The third kappa shape index (κ3) is 5.86. The van der Waals surface area contributed by atoms with E-state index in [4.69, 9.17) is 4.74 Å². The maximum absolute atomic E-state index is 12.8. The van der Waals surface area contributed by atoms with Crippen molar-refractivity contribution in [2.45, 2.75) is 24.8 Å². The number of anilines is 1. The molecule has 1 aliphatic heterocycles. The number of hydrogen-bond donors (Lipinski definition) is 2. The number of nitrogens with zero attached hydrogens (tertiary/aromatic N) is 1. The number of ether oxygens (including phenoxy) is 1. The summed E-state index contributed by atoms with van der Waals surface area (Å²) in [5.74, 6) is -0.253. The number of benzene rings is 1. The first-order valence-electron chi connectivity index (χ1n) is 9.61. The zero-order valence-corrected chi connectivity index (χ0v) is 18.3. The number of sulfonamides is 1. The number of carbonyl (C=O) groups excluding carboxylic acids is 1. The minimum atomic E-state index is -3.66. The summed E-state index contributed by atoms with van der Waals surface area (Å²) in [5.41, 5.74) is 1.68. The number of rotatable bonds is 8. The van der Waals surface area contributed by atoms with Crippen molar-refractivity contribution in [1.82, 2.24) is 9.62 Å². The average Bonchev–Trinajstić information content (AvgIpc) is 3.24. The molecule has 2 N–H and O–H groups in total. The van der Waals surface area contributed by atoms with E-state index in [0.717, 1.165) is 18.7 Å². The molecule has 29 heavy (non-hydrogen) atoms. The summed E-state index contributed by atoms with van der Waals surface area (Å²) in [6.45, 7) is 6.73. The molecule has 0 saturated carbocycles. The first-order valence-corrected chi connectivity index (χ1v) is 12.0. The van der Waals surface area contributed by atoms with E-state index in [9.17, 15) is 13.2 Å². The molecule has 1 aromatic heterocycles. The molecule has 1 atom stereocenters. The number of carbonyl (C=O) groups is 1. The molecule has 1 saturated heterocycles. The second-order valence-electron chi connectivity index (χ2n) is 7.24. The third-order valence-corrected chi connectivity index (χ3v) is 6.98. The fraction of sp³-hybridized carbons (Fsp3) is 0.450. The van der Waals surface area contributed by atoms with Gasteiger partial charge in [0.1, 0.15) is 0 Å². The highest BCUT2D eigenvalue weighted by molar-refractivity contribution is 7.89. The van der Waals surface area contributed by atoms with Gasteiger partial charge in [0, 0.05) is 37.3 Å². The summed E-state index contributed by atoms with van der Waals surface area (Å²) in [6, 6.07) is 8.22. The molecule has 1 aliphatic rings. The summed E-state index contributed by atoms with van der Waals surface area (Å²) in [4.78, 5) is 14.2. The lowest BCUT2D eigenvalue weighted by Gasteiger charge is -2.34. The van der Waals surface area contributed by atoms with Crippen molar-refractivity contribution in [3.63, 3.8) is 0 Å². The van der Waals surface area contributed by atoms with Crippen LogP contribution in [0.1, 0.15) is 25.5 Å². The van der Waals surface area contributed by atoms with Crippen molar-refractivity contribution in [2.24, 2.45) is 5.92 Å². The normalized spacial score (nSPS) is 16.7. The molecule has 158 valence electrons. The van der Waals surface area contributed by atoms with Gasteiger partial charge in [-0.05, 0) is 46.7 Å². The lowest BCUT2D eigenvalue weighted by Crippen LogP contribution is -2.43. The summed E-state index contributed by atoms with van der Waals surface area (Å²) in [7, 11) is -3.66. The van der Waals surface area contributed by atoms with Crippen LogP contribution in [0.3, 0.4) is 0 Å². The molecular formula is C20H27N3O4S2. The fourth-order valence-corrected chi connectivity index (χ4v) is 4.83. The molecule has 0 aliphatic carbocycles. The van der Waals surface area contributed by atoms with Crippen LogP contribution in [-0.4, -0.2) is 52.1 Å². The highest BCUT2D eigenvalue weighted by atomic mass is 32.2. The molecule has 7 nitrogen and oxygen atoms in total. The summed E-state index contributed by atoms with van der Waals surface area (Å²) in [6.07, 6.45) is 0. The van der Waals surface area contributed by atoms with Crippen LogP contribution < -0.4 is 10.0 Å². The number of amides is 1. The van der Waals surface area contributed by atoms with Gasteiger partial charge in [-0.2, -0.15) is 11.3 Å². The van der Waals surface area contributed by atoms with Crippen LogP contribution in [0.15, 0.2) is 46.0 Å². The third-order valence-electron chi connectivity index (χ3n) is 4.84. The van der Waals surface area contributed by atoms with Gasteiger partial charge in [0.05, 0.1) is 18.1 Å². The van der Waals surface area contributed by atoms with Crippen LogP contribution in [0.4, 0.5) is 5.69 Å². The topological polar surface area (TPSA) is 87.7 Å². The Kier molecular flexibility index (Phi) is 7.42. The summed E-state index contributed by atoms with van der Waals surface area (Å²) < 4.78 is 33.8. The van der Waals surface area contributed by atoms with E-state index in [0.29, 0.717) is 18.9 Å². The van der Waals surface area contributed by atoms with Gasteiger partial charge in [0.2, 0.25) is 15.9 Å². The predicted octanol–water partition coefficient (Wildman–Crippen LogP) is 2.69. The summed E-state index contributed by atoms with van der Waals surface area (Å²) in [5, 5.41) is 6.82. The zero-order valence-electron chi connectivity index (χ0n) is 16.6. The molecule has 3 rings (SSSR count). The van der Waals surface area contributed by atoms with Crippen LogP contribution in [-0.2, 0) is 19.6 Å². The number of thiophene rings is 1. The molecule has 2 aromatic rings. The Morgan fingerprint density at radius 1 is 1.17 bits per heavy atom. The molecule has 1 aromatic carbocycles. The van der Waals surface area contributed by atoms with Crippen LogP contribution in [0.2, 0.25) is 0 Å². The largest absolute Gasteiger partial charge is 0.379 e. The van der Waals surface area contributed by atoms with E-state index in [2.05, 4.69) is 20.3 Å². The molecule has 0 spiro atoms. The Morgan fingerprint density at radius 2 is 1.86 bits per heavy atom. The van der Waals surface area contributed by atoms with Gasteiger partial charge in [-0.3, -0.25) is 9.69 Å². The monoisotopic (exact) mass is 437 g/mol. The maximum Gasteiger partial charge on any atom is 0.240 e.